The van der Waals surface area contributed by atoms with Crippen LogP contribution in [-0.4, -0.2) is 19.5 Å². The summed E-state index contributed by atoms with van der Waals surface area (Å²) in [7, 11) is 0. The third kappa shape index (κ3) is 4.11. The Morgan fingerprint density at radius 3 is 1.75 bits per heavy atom. The lowest BCUT2D eigenvalue weighted by atomic mass is 9.99. The second kappa shape index (κ2) is 10.7. The molecule has 0 radical (unpaired) electrons. The molecule has 10 rings (SSSR count). The fourth-order valence-electron chi connectivity index (χ4n) is 7.11. The monoisotopic (exact) mass is 630 g/mol. The summed E-state index contributed by atoms with van der Waals surface area (Å²) in [5.74, 6) is 1.88. The van der Waals surface area contributed by atoms with E-state index in [0.29, 0.717) is 17.6 Å². The Labute approximate surface area is 280 Å². The highest BCUT2D eigenvalue weighted by molar-refractivity contribution is 7.27. The van der Waals surface area contributed by atoms with E-state index < -0.39 is 0 Å². The van der Waals surface area contributed by atoms with E-state index in [4.69, 9.17) is 15.0 Å². The van der Waals surface area contributed by atoms with E-state index in [9.17, 15) is 0 Å². The van der Waals surface area contributed by atoms with Crippen molar-refractivity contribution in [3.63, 3.8) is 0 Å². The molecule has 3 aromatic heterocycles. The van der Waals surface area contributed by atoms with E-state index in [-0.39, 0.29) is 0 Å². The zero-order chi connectivity index (χ0) is 31.6. The SMILES string of the molecule is c1ccc(-c2cccc(-c3nc(-c4ccccc4)nc(-n4c5ccccc5c5c6ccccc6c6c7ccccc7sc6c54)n3)c2)cc1. The molecule has 0 bridgehead atoms. The van der Waals surface area contributed by atoms with Crippen molar-refractivity contribution in [2.24, 2.45) is 0 Å². The van der Waals surface area contributed by atoms with Gasteiger partial charge in [0.2, 0.25) is 5.95 Å². The number of rotatable bonds is 4. The van der Waals surface area contributed by atoms with Gasteiger partial charge in [0.05, 0.1) is 15.7 Å². The summed E-state index contributed by atoms with van der Waals surface area (Å²) in [6.45, 7) is 0. The van der Waals surface area contributed by atoms with Gasteiger partial charge in [-0.25, -0.2) is 4.98 Å². The molecule has 4 nitrogen and oxygen atoms in total. The summed E-state index contributed by atoms with van der Waals surface area (Å²) in [4.78, 5) is 15.6. The maximum atomic E-state index is 5.29. The third-order valence-corrected chi connectivity index (χ3v) is 10.4. The van der Waals surface area contributed by atoms with Gasteiger partial charge in [-0.3, -0.25) is 4.57 Å². The van der Waals surface area contributed by atoms with Crippen molar-refractivity contribution in [2.45, 2.75) is 0 Å². The Hall–Kier alpha value is -6.17. The van der Waals surface area contributed by atoms with Crippen molar-refractivity contribution < 1.29 is 0 Å². The molecule has 7 aromatic carbocycles. The summed E-state index contributed by atoms with van der Waals surface area (Å²) in [5.41, 5.74) is 6.34. The standard InChI is InChI=1S/C43H26N4S/c1-3-14-27(15-4-1)29-18-13-19-30(26-29)42-44-41(28-16-5-2-6-17-28)45-43(46-42)47-35-24-11-9-22-33(35)37-31-20-7-8-21-32(31)38-34-23-10-12-25-36(34)48-40(38)39(37)47/h1-26H. The van der Waals surface area contributed by atoms with Crippen LogP contribution in [0.1, 0.15) is 0 Å². The van der Waals surface area contributed by atoms with Gasteiger partial charge >= 0.3 is 0 Å². The minimum atomic E-state index is 0.601. The highest BCUT2D eigenvalue weighted by atomic mass is 32.1. The van der Waals surface area contributed by atoms with Gasteiger partial charge in [0, 0.05) is 37.4 Å². The molecule has 10 aromatic rings. The van der Waals surface area contributed by atoms with Crippen molar-refractivity contribution in [3.8, 4) is 39.9 Å². The molecular weight excluding hydrogens is 605 g/mol. The number of fused-ring (bicyclic) bond motifs is 10. The van der Waals surface area contributed by atoms with Crippen molar-refractivity contribution in [1.82, 2.24) is 19.5 Å². The van der Waals surface area contributed by atoms with Crippen molar-refractivity contribution in [2.75, 3.05) is 0 Å². The van der Waals surface area contributed by atoms with Crippen LogP contribution < -0.4 is 0 Å². The van der Waals surface area contributed by atoms with Crippen LogP contribution in [0, 0.1) is 0 Å². The van der Waals surface area contributed by atoms with Gasteiger partial charge in [-0.1, -0.05) is 140 Å². The van der Waals surface area contributed by atoms with E-state index in [1.54, 1.807) is 0 Å². The normalized spacial score (nSPS) is 11.8. The molecule has 0 aliphatic heterocycles. The topological polar surface area (TPSA) is 43.6 Å². The molecule has 224 valence electrons. The molecule has 0 unspecified atom stereocenters. The zero-order valence-corrected chi connectivity index (χ0v) is 26.5. The number of hydrogen-bond acceptors (Lipinski definition) is 4. The van der Waals surface area contributed by atoms with E-state index in [0.717, 1.165) is 33.3 Å². The summed E-state index contributed by atoms with van der Waals surface area (Å²) in [6, 6.07) is 55.3. The Morgan fingerprint density at radius 2 is 0.979 bits per heavy atom. The predicted octanol–water partition coefficient (Wildman–Crippen LogP) is 11.5. The molecule has 0 atom stereocenters. The molecule has 0 saturated heterocycles. The van der Waals surface area contributed by atoms with Gasteiger partial charge in [0.1, 0.15) is 0 Å². The first kappa shape index (κ1) is 27.0. The molecule has 0 spiro atoms. The van der Waals surface area contributed by atoms with Crippen LogP contribution in [-0.2, 0) is 0 Å². The molecule has 0 fully saturated rings. The smallest absolute Gasteiger partial charge is 0.238 e. The summed E-state index contributed by atoms with van der Waals surface area (Å²) in [5, 5.41) is 7.43. The van der Waals surface area contributed by atoms with Crippen molar-refractivity contribution in [1.29, 1.82) is 0 Å². The number of benzene rings is 7. The van der Waals surface area contributed by atoms with Gasteiger partial charge in [0.15, 0.2) is 11.6 Å². The molecule has 0 aliphatic rings. The van der Waals surface area contributed by atoms with Crippen LogP contribution >= 0.6 is 11.3 Å². The Morgan fingerprint density at radius 1 is 0.417 bits per heavy atom. The summed E-state index contributed by atoms with van der Waals surface area (Å²) >= 11 is 1.84. The lowest BCUT2D eigenvalue weighted by molar-refractivity contribution is 0.955. The largest absolute Gasteiger partial charge is 0.276 e. The van der Waals surface area contributed by atoms with Crippen LogP contribution in [0.25, 0.3) is 92.6 Å². The Bertz CT molecular complexity index is 2830. The van der Waals surface area contributed by atoms with Crippen molar-refractivity contribution in [3.05, 3.63) is 158 Å². The van der Waals surface area contributed by atoms with Gasteiger partial charge in [-0.05, 0) is 40.1 Å². The van der Waals surface area contributed by atoms with Crippen LogP contribution in [0.4, 0.5) is 0 Å². The summed E-state index contributed by atoms with van der Waals surface area (Å²) < 4.78 is 4.77. The average Bonchev–Trinajstić information content (AvgIpc) is 3.73. The molecule has 0 amide bonds. The van der Waals surface area contributed by atoms with E-state index in [1.165, 1.54) is 41.7 Å². The first-order valence-electron chi connectivity index (χ1n) is 16.0. The molecule has 0 N–H and O–H groups in total. The predicted molar refractivity (Wildman–Crippen MR) is 201 cm³/mol. The second-order valence-corrected chi connectivity index (χ2v) is 13.1. The molecule has 0 saturated carbocycles. The lowest BCUT2D eigenvalue weighted by Crippen LogP contribution is -2.06. The molecule has 3 heterocycles. The van der Waals surface area contributed by atoms with Crippen LogP contribution in [0.3, 0.4) is 0 Å². The van der Waals surface area contributed by atoms with E-state index >= 15 is 0 Å². The maximum absolute atomic E-state index is 5.29. The first-order chi connectivity index (χ1) is 23.8. The number of nitrogens with zero attached hydrogens (tertiary/aromatic N) is 4. The molecule has 48 heavy (non-hydrogen) atoms. The quantitative estimate of drug-likeness (QED) is 0.194. The third-order valence-electron chi connectivity index (χ3n) is 9.23. The number of aromatic nitrogens is 4. The fourth-order valence-corrected chi connectivity index (χ4v) is 8.37. The van der Waals surface area contributed by atoms with Gasteiger partial charge in [-0.15, -0.1) is 11.3 Å². The lowest BCUT2D eigenvalue weighted by Gasteiger charge is -2.12. The number of thiophene rings is 1. The number of para-hydroxylation sites is 1. The summed E-state index contributed by atoms with van der Waals surface area (Å²) in [6.07, 6.45) is 0. The molecule has 5 heteroatoms. The van der Waals surface area contributed by atoms with Gasteiger partial charge < -0.3 is 0 Å². The van der Waals surface area contributed by atoms with Crippen LogP contribution in [0.2, 0.25) is 0 Å². The first-order valence-corrected chi connectivity index (χ1v) is 16.9. The minimum absolute atomic E-state index is 0.601. The van der Waals surface area contributed by atoms with E-state index in [2.05, 4.69) is 138 Å². The Balaban J connectivity index is 1.34. The van der Waals surface area contributed by atoms with Crippen molar-refractivity contribution >= 4 is 64.1 Å². The minimum Gasteiger partial charge on any atom is -0.276 e. The highest BCUT2D eigenvalue weighted by Crippen LogP contribution is 2.47. The average molecular weight is 631 g/mol. The van der Waals surface area contributed by atoms with Gasteiger partial charge in [0.25, 0.3) is 0 Å². The fraction of sp³-hybridized carbons (Fsp3) is 0. The maximum Gasteiger partial charge on any atom is 0.238 e. The second-order valence-electron chi connectivity index (χ2n) is 12.0. The Kier molecular flexibility index (Phi) is 6.01. The van der Waals surface area contributed by atoms with Gasteiger partial charge in [-0.2, -0.15) is 9.97 Å². The molecular formula is C43H26N4S. The zero-order valence-electron chi connectivity index (χ0n) is 25.7. The van der Waals surface area contributed by atoms with Crippen LogP contribution in [0.5, 0.6) is 0 Å². The van der Waals surface area contributed by atoms with Crippen LogP contribution in [0.15, 0.2) is 158 Å². The highest BCUT2D eigenvalue weighted by Gasteiger charge is 2.23. The number of hydrogen-bond donors (Lipinski definition) is 0. The molecule has 0 aliphatic carbocycles. The van der Waals surface area contributed by atoms with E-state index in [1.807, 2.05) is 35.6 Å².